The molecule has 0 aliphatic heterocycles. The van der Waals surface area contributed by atoms with E-state index in [1.807, 2.05) is 17.9 Å². The summed E-state index contributed by atoms with van der Waals surface area (Å²) in [6.07, 6.45) is 1.89. The fourth-order valence-electron chi connectivity index (χ4n) is 2.92. The molecule has 6 heteroatoms. The monoisotopic (exact) mass is 359 g/mol. The molecule has 0 saturated carbocycles. The summed E-state index contributed by atoms with van der Waals surface area (Å²) >= 11 is 1.45. The van der Waals surface area contributed by atoms with Crippen LogP contribution in [0, 0.1) is 12.7 Å². The number of nitrogens with zero attached hydrogens (tertiary/aromatic N) is 3. The quantitative estimate of drug-likeness (QED) is 0.634. The molecule has 0 spiro atoms. The van der Waals surface area contributed by atoms with Gasteiger partial charge in [-0.05, 0) is 50.1 Å². The van der Waals surface area contributed by atoms with Crippen molar-refractivity contribution < 1.29 is 9.18 Å². The van der Waals surface area contributed by atoms with Crippen LogP contribution in [0.2, 0.25) is 0 Å². The Hall–Kier alpha value is -2.21. The maximum atomic E-state index is 13.2. The molecule has 0 atom stereocenters. The van der Waals surface area contributed by atoms with Gasteiger partial charge in [-0.15, -0.1) is 11.3 Å². The average molecular weight is 359 g/mol. The lowest BCUT2D eigenvalue weighted by Crippen LogP contribution is -2.31. The Kier molecular flexibility index (Phi) is 5.18. The van der Waals surface area contributed by atoms with E-state index in [-0.39, 0.29) is 11.7 Å². The van der Waals surface area contributed by atoms with Gasteiger partial charge in [-0.1, -0.05) is 13.8 Å². The van der Waals surface area contributed by atoms with Gasteiger partial charge in [-0.3, -0.25) is 4.79 Å². The second-order valence-electron chi connectivity index (χ2n) is 6.10. The van der Waals surface area contributed by atoms with Crippen molar-refractivity contribution in [2.45, 2.75) is 33.6 Å². The lowest BCUT2D eigenvalue weighted by atomic mass is 10.2. The minimum Gasteiger partial charge on any atom is -0.338 e. The van der Waals surface area contributed by atoms with Crippen molar-refractivity contribution in [2.24, 2.45) is 0 Å². The van der Waals surface area contributed by atoms with Gasteiger partial charge < -0.3 is 4.90 Å². The molecule has 2 heterocycles. The first kappa shape index (κ1) is 17.6. The highest BCUT2D eigenvalue weighted by atomic mass is 32.1. The van der Waals surface area contributed by atoms with Crippen molar-refractivity contribution in [1.82, 2.24) is 14.7 Å². The van der Waals surface area contributed by atoms with Gasteiger partial charge in [0.05, 0.1) is 16.3 Å². The minimum absolute atomic E-state index is 0.0787. The highest BCUT2D eigenvalue weighted by Gasteiger charge is 2.20. The van der Waals surface area contributed by atoms with Crippen molar-refractivity contribution in [3.8, 4) is 5.69 Å². The maximum absolute atomic E-state index is 13.2. The third-order valence-corrected chi connectivity index (χ3v) is 5.20. The third kappa shape index (κ3) is 3.44. The van der Waals surface area contributed by atoms with E-state index < -0.39 is 0 Å². The van der Waals surface area contributed by atoms with Gasteiger partial charge in [0.1, 0.15) is 10.6 Å². The number of rotatable bonds is 6. The fourth-order valence-corrected chi connectivity index (χ4v) is 4.07. The number of amides is 1. The lowest BCUT2D eigenvalue weighted by Gasteiger charge is -2.20. The number of benzene rings is 1. The molecule has 0 aliphatic carbocycles. The van der Waals surface area contributed by atoms with E-state index in [9.17, 15) is 9.18 Å². The van der Waals surface area contributed by atoms with Crippen molar-refractivity contribution in [3.63, 3.8) is 0 Å². The molecular weight excluding hydrogens is 337 g/mol. The van der Waals surface area contributed by atoms with Crippen molar-refractivity contribution >= 4 is 27.5 Å². The van der Waals surface area contributed by atoms with Crippen LogP contribution in [0.1, 0.15) is 42.1 Å². The molecule has 2 aromatic heterocycles. The van der Waals surface area contributed by atoms with Gasteiger partial charge in [0.2, 0.25) is 0 Å². The predicted molar refractivity (Wildman–Crippen MR) is 100 cm³/mol. The summed E-state index contributed by atoms with van der Waals surface area (Å²) < 4.78 is 15.0. The smallest absolute Gasteiger partial charge is 0.264 e. The first-order valence-corrected chi connectivity index (χ1v) is 9.41. The molecule has 0 unspecified atom stereocenters. The van der Waals surface area contributed by atoms with E-state index in [4.69, 9.17) is 0 Å². The molecule has 0 radical (unpaired) electrons. The Morgan fingerprint density at radius 2 is 1.84 bits per heavy atom. The van der Waals surface area contributed by atoms with Gasteiger partial charge in [-0.25, -0.2) is 9.07 Å². The van der Waals surface area contributed by atoms with E-state index in [0.717, 1.165) is 52.4 Å². The molecular formula is C19H22FN3OS. The largest absolute Gasteiger partial charge is 0.338 e. The minimum atomic E-state index is -0.277. The first-order chi connectivity index (χ1) is 12.0. The number of aryl methyl sites for hydroxylation is 1. The molecule has 132 valence electrons. The molecule has 0 bridgehead atoms. The number of carbonyl (C=O) groups excluding carboxylic acids is 1. The molecule has 0 N–H and O–H groups in total. The normalized spacial score (nSPS) is 11.2. The lowest BCUT2D eigenvalue weighted by molar-refractivity contribution is 0.0760. The zero-order chi connectivity index (χ0) is 18.0. The van der Waals surface area contributed by atoms with Crippen LogP contribution >= 0.6 is 11.3 Å². The van der Waals surface area contributed by atoms with E-state index >= 15 is 0 Å². The fraction of sp³-hybridized carbons (Fsp3) is 0.368. The summed E-state index contributed by atoms with van der Waals surface area (Å²) in [5.41, 5.74) is 1.66. The van der Waals surface area contributed by atoms with Gasteiger partial charge in [-0.2, -0.15) is 5.10 Å². The van der Waals surface area contributed by atoms with Crippen LogP contribution in [0.5, 0.6) is 0 Å². The molecule has 3 rings (SSSR count). The zero-order valence-corrected chi connectivity index (χ0v) is 15.6. The standard InChI is InChI=1S/C19H22FN3OS/c1-4-10-22(11-5-2)18(24)17-12-16-13(3)21-23(19(16)25-17)15-8-6-14(20)7-9-15/h6-9,12H,4-5,10-11H2,1-3H3. The predicted octanol–water partition coefficient (Wildman–Crippen LogP) is 4.80. The topological polar surface area (TPSA) is 38.1 Å². The van der Waals surface area contributed by atoms with Crippen LogP contribution in [0.4, 0.5) is 4.39 Å². The number of fused-ring (bicyclic) bond motifs is 1. The van der Waals surface area contributed by atoms with Gasteiger partial charge >= 0.3 is 0 Å². The van der Waals surface area contributed by atoms with Crippen molar-refractivity contribution in [1.29, 1.82) is 0 Å². The summed E-state index contributed by atoms with van der Waals surface area (Å²) in [7, 11) is 0. The third-order valence-electron chi connectivity index (χ3n) is 4.10. The summed E-state index contributed by atoms with van der Waals surface area (Å²) in [6.45, 7) is 7.63. The number of carbonyl (C=O) groups is 1. The molecule has 0 aliphatic rings. The Morgan fingerprint density at radius 3 is 2.44 bits per heavy atom. The number of hydrogen-bond donors (Lipinski definition) is 0. The molecule has 1 amide bonds. The van der Waals surface area contributed by atoms with Crippen LogP contribution < -0.4 is 0 Å². The molecule has 0 saturated heterocycles. The Balaban J connectivity index is 2.01. The molecule has 25 heavy (non-hydrogen) atoms. The van der Waals surface area contributed by atoms with Crippen LogP contribution in [-0.2, 0) is 0 Å². The maximum Gasteiger partial charge on any atom is 0.264 e. The Morgan fingerprint density at radius 1 is 1.20 bits per heavy atom. The van der Waals surface area contributed by atoms with Gasteiger partial charge in [0.25, 0.3) is 5.91 Å². The molecule has 1 aromatic carbocycles. The van der Waals surface area contributed by atoms with E-state index in [1.54, 1.807) is 16.8 Å². The molecule has 0 fully saturated rings. The first-order valence-electron chi connectivity index (χ1n) is 8.59. The summed E-state index contributed by atoms with van der Waals surface area (Å²) in [6, 6.07) is 8.17. The number of thiophene rings is 1. The van der Waals surface area contributed by atoms with Gasteiger partial charge in [0, 0.05) is 18.5 Å². The van der Waals surface area contributed by atoms with E-state index in [2.05, 4.69) is 18.9 Å². The summed E-state index contributed by atoms with van der Waals surface area (Å²) in [4.78, 5) is 16.4. The number of halogens is 1. The zero-order valence-electron chi connectivity index (χ0n) is 14.8. The summed E-state index contributed by atoms with van der Waals surface area (Å²) in [5.74, 6) is -0.198. The second-order valence-corrected chi connectivity index (χ2v) is 7.13. The number of aromatic nitrogens is 2. The van der Waals surface area contributed by atoms with Crippen LogP contribution in [0.25, 0.3) is 15.9 Å². The highest BCUT2D eigenvalue weighted by molar-refractivity contribution is 7.20. The SMILES string of the molecule is CCCN(CCC)C(=O)c1cc2c(C)nn(-c3ccc(F)cc3)c2s1. The van der Waals surface area contributed by atoms with E-state index in [0.29, 0.717) is 0 Å². The van der Waals surface area contributed by atoms with Crippen LogP contribution in [-0.4, -0.2) is 33.7 Å². The van der Waals surface area contributed by atoms with E-state index in [1.165, 1.54) is 23.5 Å². The average Bonchev–Trinajstić information content (AvgIpc) is 3.16. The molecule has 3 aromatic rings. The second kappa shape index (κ2) is 7.35. The Labute approximate surface area is 150 Å². The van der Waals surface area contributed by atoms with Crippen LogP contribution in [0.15, 0.2) is 30.3 Å². The number of hydrogen-bond acceptors (Lipinski definition) is 3. The van der Waals surface area contributed by atoms with Crippen molar-refractivity contribution in [3.05, 3.63) is 46.7 Å². The van der Waals surface area contributed by atoms with Gasteiger partial charge in [0.15, 0.2) is 0 Å². The van der Waals surface area contributed by atoms with Crippen molar-refractivity contribution in [2.75, 3.05) is 13.1 Å². The summed E-state index contributed by atoms with van der Waals surface area (Å²) in [5, 5.41) is 5.52. The Bertz CT molecular complexity index is 876. The molecule has 4 nitrogen and oxygen atoms in total. The highest BCUT2D eigenvalue weighted by Crippen LogP contribution is 2.31. The van der Waals surface area contributed by atoms with Crippen LogP contribution in [0.3, 0.4) is 0 Å².